The van der Waals surface area contributed by atoms with Gasteiger partial charge in [-0.2, -0.15) is 0 Å². The Morgan fingerprint density at radius 2 is 1.61 bits per heavy atom. The molecule has 3 atom stereocenters. The lowest BCUT2D eigenvalue weighted by Gasteiger charge is -2.29. The topological polar surface area (TPSA) is 53.7 Å². The fourth-order valence-corrected chi connectivity index (χ4v) is 4.62. The van der Waals surface area contributed by atoms with Gasteiger partial charge in [-0.25, -0.2) is 0 Å². The van der Waals surface area contributed by atoms with E-state index in [9.17, 15) is 0 Å². The Kier molecular flexibility index (Phi) is 7.75. The van der Waals surface area contributed by atoms with E-state index in [0.717, 1.165) is 22.3 Å². The van der Waals surface area contributed by atoms with Crippen LogP contribution in [-0.2, 0) is 27.2 Å². The van der Waals surface area contributed by atoms with Crippen LogP contribution in [0, 0.1) is 0 Å². The highest BCUT2D eigenvalue weighted by atomic mass is 35.5. The summed E-state index contributed by atoms with van der Waals surface area (Å²) in [5.74, 6) is -0.640. The van der Waals surface area contributed by atoms with Gasteiger partial charge in [0.05, 0.1) is 13.2 Å². The summed E-state index contributed by atoms with van der Waals surface area (Å²) in [5.41, 5.74) is 10.9. The van der Waals surface area contributed by atoms with Crippen LogP contribution in [0.1, 0.15) is 25.0 Å². The summed E-state index contributed by atoms with van der Waals surface area (Å²) in [5, 5.41) is 1.23. The third-order valence-electron chi connectivity index (χ3n) is 5.73. The molecule has 0 unspecified atom stereocenters. The van der Waals surface area contributed by atoms with Gasteiger partial charge in [0.25, 0.3) is 0 Å². The van der Waals surface area contributed by atoms with E-state index in [0.29, 0.717) is 29.7 Å². The number of nitrogens with two attached hydrogens (primary N) is 1. The van der Waals surface area contributed by atoms with Crippen LogP contribution in [0.15, 0.2) is 72.8 Å². The maximum absolute atomic E-state index is 6.68. The van der Waals surface area contributed by atoms with Crippen LogP contribution >= 0.6 is 23.2 Å². The van der Waals surface area contributed by atoms with Crippen molar-refractivity contribution in [3.05, 3.63) is 94.0 Å². The fourth-order valence-electron chi connectivity index (χ4n) is 4.09. The average Bonchev–Trinajstić information content (AvgIpc) is 3.14. The molecule has 1 heterocycles. The summed E-state index contributed by atoms with van der Waals surface area (Å²) in [6, 6.07) is 23.6. The Bertz CT molecular complexity index is 1040. The van der Waals surface area contributed by atoms with Gasteiger partial charge in [0, 0.05) is 16.1 Å². The lowest BCUT2D eigenvalue weighted by Crippen LogP contribution is -2.47. The lowest BCUT2D eigenvalue weighted by molar-refractivity contribution is -0.160. The SMILES string of the molecule is CC1(C)OC[C@@H]([C@@H](OCc2ccccc2)[C@@H](N)Cc2ccc(-c3cc(Cl)cc(Cl)c3)cc2)O1. The van der Waals surface area contributed by atoms with E-state index in [-0.39, 0.29) is 18.2 Å². The third-order valence-corrected chi connectivity index (χ3v) is 6.16. The normalized spacial score (nSPS) is 19.4. The van der Waals surface area contributed by atoms with Crippen LogP contribution in [0.2, 0.25) is 10.0 Å². The zero-order valence-corrected chi connectivity index (χ0v) is 20.4. The summed E-state index contributed by atoms with van der Waals surface area (Å²) in [7, 11) is 0. The highest BCUT2D eigenvalue weighted by Gasteiger charge is 2.40. The molecule has 6 heteroatoms. The van der Waals surface area contributed by atoms with E-state index in [1.807, 2.05) is 56.3 Å². The van der Waals surface area contributed by atoms with Crippen LogP contribution < -0.4 is 5.73 Å². The maximum atomic E-state index is 6.68. The molecule has 2 N–H and O–H groups in total. The monoisotopic (exact) mass is 485 g/mol. The van der Waals surface area contributed by atoms with Crippen molar-refractivity contribution in [3.8, 4) is 11.1 Å². The smallest absolute Gasteiger partial charge is 0.163 e. The molecule has 1 fully saturated rings. The van der Waals surface area contributed by atoms with Crippen LogP contribution in [-0.4, -0.2) is 30.6 Å². The Balaban J connectivity index is 1.46. The molecule has 0 aromatic heterocycles. The third kappa shape index (κ3) is 6.57. The first kappa shape index (κ1) is 24.2. The van der Waals surface area contributed by atoms with Crippen molar-refractivity contribution >= 4 is 23.2 Å². The van der Waals surface area contributed by atoms with E-state index in [1.54, 1.807) is 6.07 Å². The zero-order valence-electron chi connectivity index (χ0n) is 18.8. The quantitative estimate of drug-likeness (QED) is 0.408. The van der Waals surface area contributed by atoms with Gasteiger partial charge in [0.1, 0.15) is 12.2 Å². The second-order valence-corrected chi connectivity index (χ2v) is 9.72. The van der Waals surface area contributed by atoms with Crippen LogP contribution in [0.4, 0.5) is 0 Å². The Hall–Kier alpha value is -1.92. The molecule has 0 saturated carbocycles. The molecule has 33 heavy (non-hydrogen) atoms. The van der Waals surface area contributed by atoms with Crippen LogP contribution in [0.5, 0.6) is 0 Å². The van der Waals surface area contributed by atoms with Crippen molar-refractivity contribution in [2.24, 2.45) is 5.73 Å². The van der Waals surface area contributed by atoms with Crippen molar-refractivity contribution in [1.29, 1.82) is 0 Å². The number of halogens is 2. The van der Waals surface area contributed by atoms with Crippen molar-refractivity contribution in [1.82, 2.24) is 0 Å². The van der Waals surface area contributed by atoms with Crippen LogP contribution in [0.25, 0.3) is 11.1 Å². The summed E-state index contributed by atoms with van der Waals surface area (Å²) in [4.78, 5) is 0. The second-order valence-electron chi connectivity index (χ2n) is 8.85. The fraction of sp³-hybridized carbons (Fsp3) is 0.333. The van der Waals surface area contributed by atoms with Crippen LogP contribution in [0.3, 0.4) is 0 Å². The van der Waals surface area contributed by atoms with E-state index in [2.05, 4.69) is 24.3 Å². The molecule has 4 nitrogen and oxygen atoms in total. The number of rotatable bonds is 8. The maximum Gasteiger partial charge on any atom is 0.163 e. The second kappa shape index (κ2) is 10.6. The van der Waals surface area contributed by atoms with Gasteiger partial charge >= 0.3 is 0 Å². The average molecular weight is 486 g/mol. The standard InChI is InChI=1S/C27H29Cl2NO3/c1-27(2)32-17-25(33-27)26(31-16-19-6-4-3-5-7-19)24(30)12-18-8-10-20(11-9-18)21-13-22(28)15-23(29)14-21/h3-11,13-15,24-26H,12,16-17,30H2,1-2H3/t24-,25-,26-/m0/s1. The van der Waals surface area contributed by atoms with Crippen molar-refractivity contribution in [2.75, 3.05) is 6.61 Å². The summed E-state index contributed by atoms with van der Waals surface area (Å²) >= 11 is 12.3. The molecule has 0 amide bonds. The first-order valence-corrected chi connectivity index (χ1v) is 11.8. The molecule has 4 rings (SSSR count). The summed E-state index contributed by atoms with van der Waals surface area (Å²) in [6.07, 6.45) is 0.112. The zero-order chi connectivity index (χ0) is 23.4. The molecule has 0 aliphatic carbocycles. The minimum atomic E-state index is -0.640. The molecule has 1 saturated heterocycles. The molecule has 3 aromatic carbocycles. The molecule has 1 aliphatic rings. The van der Waals surface area contributed by atoms with Crippen molar-refractivity contribution < 1.29 is 14.2 Å². The summed E-state index contributed by atoms with van der Waals surface area (Å²) < 4.78 is 18.2. The predicted octanol–water partition coefficient (Wildman–Crippen LogP) is 6.27. The van der Waals surface area contributed by atoms with Gasteiger partial charge < -0.3 is 19.9 Å². The first-order valence-electron chi connectivity index (χ1n) is 11.1. The molecular weight excluding hydrogens is 457 g/mol. The lowest BCUT2D eigenvalue weighted by atomic mass is 9.96. The van der Waals surface area contributed by atoms with E-state index >= 15 is 0 Å². The van der Waals surface area contributed by atoms with Crippen molar-refractivity contribution in [3.63, 3.8) is 0 Å². The van der Waals surface area contributed by atoms with Gasteiger partial charge in [-0.1, -0.05) is 77.8 Å². The summed E-state index contributed by atoms with van der Waals surface area (Å²) in [6.45, 7) is 4.74. The Labute approximate surface area is 205 Å². The molecule has 0 spiro atoms. The highest BCUT2D eigenvalue weighted by Crippen LogP contribution is 2.29. The Morgan fingerprint density at radius 3 is 2.21 bits per heavy atom. The molecule has 3 aromatic rings. The number of hydrogen-bond acceptors (Lipinski definition) is 4. The number of hydrogen-bond donors (Lipinski definition) is 1. The first-order chi connectivity index (χ1) is 15.8. The molecule has 0 bridgehead atoms. The molecular formula is C27H29Cl2NO3. The van der Waals surface area contributed by atoms with E-state index in [4.69, 9.17) is 43.1 Å². The molecule has 0 radical (unpaired) electrons. The minimum Gasteiger partial charge on any atom is -0.369 e. The van der Waals surface area contributed by atoms with Gasteiger partial charge in [0.2, 0.25) is 0 Å². The predicted molar refractivity (Wildman–Crippen MR) is 134 cm³/mol. The van der Waals surface area contributed by atoms with Gasteiger partial charge in [-0.15, -0.1) is 0 Å². The largest absolute Gasteiger partial charge is 0.369 e. The van der Waals surface area contributed by atoms with Gasteiger partial charge in [-0.05, 0) is 60.7 Å². The number of ether oxygens (including phenoxy) is 3. The van der Waals surface area contributed by atoms with Gasteiger partial charge in [-0.3, -0.25) is 0 Å². The Morgan fingerprint density at radius 1 is 0.939 bits per heavy atom. The van der Waals surface area contributed by atoms with Gasteiger partial charge in [0.15, 0.2) is 5.79 Å². The van der Waals surface area contributed by atoms with E-state index in [1.165, 1.54) is 0 Å². The molecule has 1 aliphatic heterocycles. The minimum absolute atomic E-state index is 0.230. The number of benzene rings is 3. The molecule has 174 valence electrons. The van der Waals surface area contributed by atoms with E-state index < -0.39 is 5.79 Å². The highest BCUT2D eigenvalue weighted by molar-refractivity contribution is 6.35. The van der Waals surface area contributed by atoms with Crippen molar-refractivity contribution in [2.45, 2.75) is 50.9 Å².